The van der Waals surface area contributed by atoms with Gasteiger partial charge in [0.2, 0.25) is 0 Å². The van der Waals surface area contributed by atoms with Gasteiger partial charge in [-0.1, -0.05) is 249 Å². The summed E-state index contributed by atoms with van der Waals surface area (Å²) < 4.78 is 28.5. The van der Waals surface area contributed by atoms with E-state index in [1.807, 2.05) is 0 Å². The third-order valence-corrected chi connectivity index (χ3v) is 13.9. The maximum Gasteiger partial charge on any atom is 0.335 e. The van der Waals surface area contributed by atoms with Crippen molar-refractivity contribution in [3.05, 3.63) is 48.6 Å². The molecule has 12 heteroatoms. The molecule has 1 heterocycles. The van der Waals surface area contributed by atoms with Gasteiger partial charge in [-0.2, -0.15) is 0 Å². The van der Waals surface area contributed by atoms with Crippen LogP contribution >= 0.6 is 0 Å². The highest BCUT2D eigenvalue weighted by atomic mass is 16.7. The average molecular weight is 1060 g/mol. The van der Waals surface area contributed by atoms with E-state index in [9.17, 15) is 34.5 Å². The van der Waals surface area contributed by atoms with Crippen LogP contribution in [-0.2, 0) is 42.9 Å². The molecule has 0 amide bonds. The highest BCUT2D eigenvalue weighted by Crippen LogP contribution is 2.26. The van der Waals surface area contributed by atoms with Gasteiger partial charge in [-0.15, -0.1) is 0 Å². The summed E-state index contributed by atoms with van der Waals surface area (Å²) in [5, 5.41) is 31.5. The van der Waals surface area contributed by atoms with Crippen molar-refractivity contribution in [3.8, 4) is 0 Å². The molecule has 0 aromatic carbocycles. The first kappa shape index (κ1) is 69.7. The second kappa shape index (κ2) is 51.4. The molecule has 0 bridgehead atoms. The second-order valence-electron chi connectivity index (χ2n) is 21.0. The lowest BCUT2D eigenvalue weighted by atomic mass is 9.98. The molecule has 0 radical (unpaired) electrons. The minimum Gasteiger partial charge on any atom is -0.479 e. The van der Waals surface area contributed by atoms with E-state index in [0.717, 1.165) is 89.9 Å². The van der Waals surface area contributed by atoms with Crippen molar-refractivity contribution in [2.24, 2.45) is 0 Å². The molecule has 0 aliphatic carbocycles. The average Bonchev–Trinajstić information content (AvgIpc) is 3.39. The van der Waals surface area contributed by atoms with Crippen LogP contribution in [0.25, 0.3) is 0 Å². The topological polar surface area (TPSA) is 175 Å². The normalized spacial score (nSPS) is 18.4. The van der Waals surface area contributed by atoms with Gasteiger partial charge >= 0.3 is 23.9 Å². The number of ether oxygens (including phenoxy) is 5. The van der Waals surface area contributed by atoms with Crippen LogP contribution in [0.4, 0.5) is 0 Å². The van der Waals surface area contributed by atoms with E-state index >= 15 is 0 Å². The first-order valence-corrected chi connectivity index (χ1v) is 30.6. The monoisotopic (exact) mass is 1060 g/mol. The van der Waals surface area contributed by atoms with Crippen molar-refractivity contribution in [3.63, 3.8) is 0 Å². The Labute approximate surface area is 456 Å². The van der Waals surface area contributed by atoms with Crippen LogP contribution in [0.5, 0.6) is 0 Å². The van der Waals surface area contributed by atoms with Gasteiger partial charge in [0.05, 0.1) is 6.61 Å². The third kappa shape index (κ3) is 41.5. The highest BCUT2D eigenvalue weighted by molar-refractivity contribution is 5.74. The van der Waals surface area contributed by atoms with Gasteiger partial charge in [-0.05, 0) is 57.8 Å². The molecule has 1 aliphatic heterocycles. The molecular weight excluding hydrogens is 949 g/mol. The Bertz CT molecular complexity index is 1490. The van der Waals surface area contributed by atoms with E-state index in [2.05, 4.69) is 69.4 Å². The number of allylic oxidation sites excluding steroid dienone is 8. The van der Waals surface area contributed by atoms with E-state index < -0.39 is 67.3 Å². The van der Waals surface area contributed by atoms with Crippen molar-refractivity contribution in [1.29, 1.82) is 0 Å². The molecule has 75 heavy (non-hydrogen) atoms. The fourth-order valence-corrected chi connectivity index (χ4v) is 9.24. The first-order valence-electron chi connectivity index (χ1n) is 30.6. The number of unbranched alkanes of at least 4 members (excludes halogenated alkanes) is 30. The molecule has 434 valence electrons. The van der Waals surface area contributed by atoms with Crippen molar-refractivity contribution in [2.45, 2.75) is 314 Å². The summed E-state index contributed by atoms with van der Waals surface area (Å²) in [6.45, 7) is 5.90. The predicted octanol–water partition coefficient (Wildman–Crippen LogP) is 15.8. The summed E-state index contributed by atoms with van der Waals surface area (Å²) in [6.07, 6.45) is 49.3. The van der Waals surface area contributed by atoms with E-state index in [4.69, 9.17) is 23.7 Å². The highest BCUT2D eigenvalue weighted by Gasteiger charge is 2.50. The summed E-state index contributed by atoms with van der Waals surface area (Å²) in [5.41, 5.74) is 0. The lowest BCUT2D eigenvalue weighted by Gasteiger charge is -2.40. The van der Waals surface area contributed by atoms with Gasteiger partial charge in [0.1, 0.15) is 18.8 Å². The van der Waals surface area contributed by atoms with Gasteiger partial charge < -0.3 is 39.0 Å². The van der Waals surface area contributed by atoms with Gasteiger partial charge in [-0.25, -0.2) is 4.79 Å². The van der Waals surface area contributed by atoms with Crippen molar-refractivity contribution in [2.75, 3.05) is 13.2 Å². The van der Waals surface area contributed by atoms with E-state index in [0.29, 0.717) is 19.3 Å². The van der Waals surface area contributed by atoms with E-state index in [1.54, 1.807) is 0 Å². The molecule has 0 spiro atoms. The number of carboxylic acid groups (broad SMARTS) is 1. The fourth-order valence-electron chi connectivity index (χ4n) is 9.24. The Balaban J connectivity index is 2.68. The molecule has 0 aromatic heterocycles. The molecule has 0 saturated carbocycles. The number of hydrogen-bond donors (Lipinski definition) is 3. The molecule has 1 saturated heterocycles. The summed E-state index contributed by atoms with van der Waals surface area (Å²) in [5.74, 6) is -3.12. The van der Waals surface area contributed by atoms with E-state index in [-0.39, 0.29) is 25.9 Å². The van der Waals surface area contributed by atoms with Crippen molar-refractivity contribution in [1.82, 2.24) is 0 Å². The van der Waals surface area contributed by atoms with Crippen LogP contribution in [-0.4, -0.2) is 89.2 Å². The number of aliphatic carboxylic acids is 1. The van der Waals surface area contributed by atoms with Crippen LogP contribution in [0, 0.1) is 0 Å². The van der Waals surface area contributed by atoms with Crippen molar-refractivity contribution >= 4 is 23.9 Å². The molecule has 1 rings (SSSR count). The molecular formula is C63H110O12. The summed E-state index contributed by atoms with van der Waals surface area (Å²) in [7, 11) is 0. The largest absolute Gasteiger partial charge is 0.479 e. The first-order chi connectivity index (χ1) is 36.6. The number of carbonyl (C=O) groups is 4. The number of carboxylic acids is 1. The molecule has 12 nitrogen and oxygen atoms in total. The minimum absolute atomic E-state index is 0.0348. The van der Waals surface area contributed by atoms with Gasteiger partial charge in [0.25, 0.3) is 0 Å². The quantitative estimate of drug-likeness (QED) is 0.0228. The van der Waals surface area contributed by atoms with Gasteiger partial charge in [0.15, 0.2) is 24.6 Å². The Morgan fingerprint density at radius 1 is 0.453 bits per heavy atom. The zero-order valence-electron chi connectivity index (χ0n) is 47.8. The van der Waals surface area contributed by atoms with Crippen LogP contribution in [0.15, 0.2) is 48.6 Å². The smallest absolute Gasteiger partial charge is 0.335 e. The Morgan fingerprint density at radius 3 is 1.28 bits per heavy atom. The van der Waals surface area contributed by atoms with Crippen LogP contribution < -0.4 is 0 Å². The van der Waals surface area contributed by atoms with Crippen LogP contribution in [0.1, 0.15) is 278 Å². The fraction of sp³-hybridized carbons (Fsp3) is 0.810. The lowest BCUT2D eigenvalue weighted by molar-refractivity contribution is -0.301. The number of rotatable bonds is 52. The summed E-state index contributed by atoms with van der Waals surface area (Å²) in [4.78, 5) is 51.2. The van der Waals surface area contributed by atoms with Crippen LogP contribution in [0.2, 0.25) is 0 Å². The predicted molar refractivity (Wildman–Crippen MR) is 303 cm³/mol. The molecule has 6 unspecified atom stereocenters. The summed E-state index contributed by atoms with van der Waals surface area (Å²) in [6, 6.07) is 0. The molecule has 6 atom stereocenters. The number of carbonyl (C=O) groups excluding carboxylic acids is 3. The number of aliphatic hydroxyl groups is 2. The SMILES string of the molecule is CC/C=C\C/C=C\C/C=C\C/C=C\CCCCCCC(=O)OC1C(OCC(COC(=O)CCCCCCCCCCCCCCCCC)OC(=O)CCCCCCCCCCCCCCC)OC(C(=O)O)C(O)C1O. The zero-order valence-corrected chi connectivity index (χ0v) is 47.8. The van der Waals surface area contributed by atoms with E-state index in [1.165, 1.54) is 128 Å². The Kier molecular flexibility index (Phi) is 47.8. The van der Waals surface area contributed by atoms with Crippen LogP contribution in [0.3, 0.4) is 0 Å². The van der Waals surface area contributed by atoms with Gasteiger partial charge in [0, 0.05) is 19.3 Å². The molecule has 3 N–H and O–H groups in total. The Morgan fingerprint density at radius 2 is 0.840 bits per heavy atom. The third-order valence-electron chi connectivity index (χ3n) is 13.9. The standard InChI is InChI=1S/C63H110O12/c1-4-7-10-13-16-19-22-25-27-28-30-33-36-39-42-45-48-51-57(66)74-61-59(68)58(67)60(62(69)70)75-63(61)72-53-54(73-56(65)50-47-44-41-38-35-31-24-21-18-15-12-9-6-3)52-71-55(64)49-46-43-40-37-34-32-29-26-23-20-17-14-11-8-5-2/h7,10,16,19,25,27,30,33,54,58-61,63,67-68H,4-6,8-9,11-15,17-18,20-24,26,28-29,31-32,34-53H2,1-3H3,(H,69,70)/b10-7-,19-16-,27-25-,33-30-. The molecule has 0 aromatic rings. The maximum atomic E-state index is 13.1. The minimum atomic E-state index is -1.91. The number of esters is 3. The lowest BCUT2D eigenvalue weighted by Crippen LogP contribution is -2.61. The molecule has 1 aliphatic rings. The second-order valence-corrected chi connectivity index (χ2v) is 21.0. The number of aliphatic hydroxyl groups excluding tert-OH is 2. The summed E-state index contributed by atoms with van der Waals surface area (Å²) >= 11 is 0. The zero-order chi connectivity index (χ0) is 54.7. The van der Waals surface area contributed by atoms with Gasteiger partial charge in [-0.3, -0.25) is 14.4 Å². The number of hydrogen-bond acceptors (Lipinski definition) is 11. The van der Waals surface area contributed by atoms with Crippen molar-refractivity contribution < 1.29 is 58.2 Å². The Hall–Kier alpha value is -3.32. The maximum absolute atomic E-state index is 13.1. The molecule has 1 fully saturated rings.